The van der Waals surface area contributed by atoms with E-state index in [0.717, 1.165) is 18.4 Å². The first kappa shape index (κ1) is 11.9. The smallest absolute Gasteiger partial charge is 0.407 e. The van der Waals surface area contributed by atoms with Crippen LogP contribution in [-0.2, 0) is 11.3 Å². The van der Waals surface area contributed by atoms with Crippen LogP contribution in [0.3, 0.4) is 0 Å². The van der Waals surface area contributed by atoms with Crippen LogP contribution in [0.25, 0.3) is 0 Å². The van der Waals surface area contributed by atoms with E-state index in [0.29, 0.717) is 12.5 Å². The molecule has 0 spiro atoms. The Kier molecular flexibility index (Phi) is 3.98. The Morgan fingerprint density at radius 2 is 2.06 bits per heavy atom. The maximum Gasteiger partial charge on any atom is 0.407 e. The molecule has 4 heteroatoms. The van der Waals surface area contributed by atoms with E-state index in [4.69, 9.17) is 9.84 Å². The molecule has 0 heterocycles. The number of ether oxygens (including phenoxy) is 1. The quantitative estimate of drug-likeness (QED) is 0.834. The number of hydrogen-bond acceptors (Lipinski definition) is 3. The van der Waals surface area contributed by atoms with Crippen LogP contribution in [0.2, 0.25) is 0 Å². The Balaban J connectivity index is 1.65. The molecule has 1 aromatic rings. The Bertz CT molecular complexity index is 360. The highest BCUT2D eigenvalue weighted by Crippen LogP contribution is 2.26. The minimum atomic E-state index is -0.379. The van der Waals surface area contributed by atoms with E-state index >= 15 is 0 Å². The summed E-state index contributed by atoms with van der Waals surface area (Å²) >= 11 is 0. The fraction of sp³-hybridized carbons (Fsp3) is 0.462. The summed E-state index contributed by atoms with van der Waals surface area (Å²) in [7, 11) is 0. The van der Waals surface area contributed by atoms with Crippen LogP contribution in [0, 0.1) is 5.92 Å². The van der Waals surface area contributed by atoms with Gasteiger partial charge in [-0.3, -0.25) is 0 Å². The van der Waals surface area contributed by atoms with Crippen molar-refractivity contribution in [1.29, 1.82) is 0 Å². The number of rotatable bonds is 4. The molecule has 0 radical (unpaired) electrons. The number of nitrogens with one attached hydrogen (secondary N) is 1. The summed E-state index contributed by atoms with van der Waals surface area (Å²) in [6, 6.07) is 9.74. The summed E-state index contributed by atoms with van der Waals surface area (Å²) in [5.74, 6) is 0.342. The SMILES string of the molecule is O=C(N[C@H]1C[C@H](CO)C1)OCc1ccccc1. The molecule has 0 saturated heterocycles. The van der Waals surface area contributed by atoms with Gasteiger partial charge in [-0.05, 0) is 24.3 Å². The van der Waals surface area contributed by atoms with Crippen molar-refractivity contribution in [2.45, 2.75) is 25.5 Å². The molecular weight excluding hydrogens is 218 g/mol. The summed E-state index contributed by atoms with van der Waals surface area (Å²) in [6.45, 7) is 0.500. The average Bonchev–Trinajstić information content (AvgIpc) is 2.32. The molecule has 4 nitrogen and oxygen atoms in total. The predicted molar refractivity (Wildman–Crippen MR) is 63.4 cm³/mol. The molecule has 17 heavy (non-hydrogen) atoms. The van der Waals surface area contributed by atoms with Crippen molar-refractivity contribution >= 4 is 6.09 Å². The normalized spacial score (nSPS) is 22.6. The van der Waals surface area contributed by atoms with Crippen LogP contribution >= 0.6 is 0 Å². The van der Waals surface area contributed by atoms with E-state index in [1.54, 1.807) is 0 Å². The summed E-state index contributed by atoms with van der Waals surface area (Å²) < 4.78 is 5.09. The van der Waals surface area contributed by atoms with Gasteiger partial charge in [-0.1, -0.05) is 30.3 Å². The largest absolute Gasteiger partial charge is 0.445 e. The molecule has 0 unspecified atom stereocenters. The number of hydrogen-bond donors (Lipinski definition) is 2. The molecule has 1 aliphatic rings. The first-order valence-electron chi connectivity index (χ1n) is 5.86. The average molecular weight is 235 g/mol. The molecule has 2 N–H and O–H groups in total. The van der Waals surface area contributed by atoms with E-state index in [-0.39, 0.29) is 18.7 Å². The first-order valence-corrected chi connectivity index (χ1v) is 5.86. The number of aliphatic hydroxyl groups is 1. The molecule has 1 fully saturated rings. The summed E-state index contributed by atoms with van der Waals surface area (Å²) in [5.41, 5.74) is 0.976. The fourth-order valence-corrected chi connectivity index (χ4v) is 1.93. The molecule has 0 atom stereocenters. The zero-order chi connectivity index (χ0) is 12.1. The number of alkyl carbamates (subject to hydrolysis) is 1. The maximum absolute atomic E-state index is 11.4. The number of benzene rings is 1. The third-order valence-electron chi connectivity index (χ3n) is 3.03. The Morgan fingerprint density at radius 1 is 1.35 bits per heavy atom. The lowest BCUT2D eigenvalue weighted by Gasteiger charge is -2.34. The molecule has 0 aliphatic heterocycles. The third kappa shape index (κ3) is 3.46. The van der Waals surface area contributed by atoms with Gasteiger partial charge in [-0.15, -0.1) is 0 Å². The summed E-state index contributed by atoms with van der Waals surface area (Å²) in [5, 5.41) is 11.6. The van der Waals surface area contributed by atoms with Crippen molar-refractivity contribution in [2.24, 2.45) is 5.92 Å². The number of amides is 1. The van der Waals surface area contributed by atoms with Gasteiger partial charge in [0.2, 0.25) is 0 Å². The molecule has 92 valence electrons. The van der Waals surface area contributed by atoms with Gasteiger partial charge in [0.15, 0.2) is 0 Å². The van der Waals surface area contributed by atoms with Gasteiger partial charge >= 0.3 is 6.09 Å². The number of aliphatic hydroxyl groups excluding tert-OH is 1. The van der Waals surface area contributed by atoms with Crippen LogP contribution in [0.4, 0.5) is 4.79 Å². The molecule has 0 bridgehead atoms. The fourth-order valence-electron chi connectivity index (χ4n) is 1.93. The minimum absolute atomic E-state index is 0.162. The third-order valence-corrected chi connectivity index (χ3v) is 3.03. The number of carbonyl (C=O) groups is 1. The monoisotopic (exact) mass is 235 g/mol. The van der Waals surface area contributed by atoms with Crippen LogP contribution in [0.15, 0.2) is 30.3 Å². The lowest BCUT2D eigenvalue weighted by Crippen LogP contribution is -2.45. The van der Waals surface area contributed by atoms with Crippen molar-refractivity contribution in [3.05, 3.63) is 35.9 Å². The zero-order valence-corrected chi connectivity index (χ0v) is 9.63. The standard InChI is InChI=1S/C13H17NO3/c15-8-11-6-12(7-11)14-13(16)17-9-10-4-2-1-3-5-10/h1-5,11-12,15H,6-9H2,(H,14,16)/t11-,12-. The lowest BCUT2D eigenvalue weighted by molar-refractivity contribution is 0.101. The second kappa shape index (κ2) is 5.68. The molecular formula is C13H17NO3. The zero-order valence-electron chi connectivity index (χ0n) is 9.63. The molecule has 1 aliphatic carbocycles. The molecule has 1 saturated carbocycles. The van der Waals surface area contributed by atoms with E-state index in [2.05, 4.69) is 5.32 Å². The number of carbonyl (C=O) groups excluding carboxylic acids is 1. The van der Waals surface area contributed by atoms with Crippen molar-refractivity contribution in [1.82, 2.24) is 5.32 Å². The van der Waals surface area contributed by atoms with Crippen LogP contribution in [0.1, 0.15) is 18.4 Å². The topological polar surface area (TPSA) is 58.6 Å². The van der Waals surface area contributed by atoms with Crippen LogP contribution in [0.5, 0.6) is 0 Å². The molecule has 1 amide bonds. The van der Waals surface area contributed by atoms with Crippen molar-refractivity contribution in [2.75, 3.05) is 6.61 Å². The van der Waals surface area contributed by atoms with Gasteiger partial charge in [0, 0.05) is 12.6 Å². The summed E-state index contributed by atoms with van der Waals surface area (Å²) in [6.07, 6.45) is 1.31. The Labute approximate surface area is 101 Å². The molecule has 1 aromatic carbocycles. The first-order chi connectivity index (χ1) is 8.28. The second-order valence-electron chi connectivity index (χ2n) is 4.42. The Hall–Kier alpha value is -1.55. The van der Waals surface area contributed by atoms with Gasteiger partial charge in [0.05, 0.1) is 0 Å². The Morgan fingerprint density at radius 3 is 2.71 bits per heavy atom. The van der Waals surface area contributed by atoms with Gasteiger partial charge in [0.25, 0.3) is 0 Å². The van der Waals surface area contributed by atoms with Crippen LogP contribution in [-0.4, -0.2) is 23.8 Å². The minimum Gasteiger partial charge on any atom is -0.445 e. The highest BCUT2D eigenvalue weighted by molar-refractivity contribution is 5.67. The van der Waals surface area contributed by atoms with Gasteiger partial charge < -0.3 is 15.2 Å². The van der Waals surface area contributed by atoms with Crippen molar-refractivity contribution in [3.8, 4) is 0 Å². The van der Waals surface area contributed by atoms with E-state index in [9.17, 15) is 4.79 Å². The second-order valence-corrected chi connectivity index (χ2v) is 4.42. The van der Waals surface area contributed by atoms with Crippen molar-refractivity contribution in [3.63, 3.8) is 0 Å². The highest BCUT2D eigenvalue weighted by Gasteiger charge is 2.29. The molecule has 0 aromatic heterocycles. The van der Waals surface area contributed by atoms with E-state index < -0.39 is 0 Å². The lowest BCUT2D eigenvalue weighted by atomic mass is 9.81. The van der Waals surface area contributed by atoms with E-state index in [1.807, 2.05) is 30.3 Å². The van der Waals surface area contributed by atoms with Crippen molar-refractivity contribution < 1.29 is 14.6 Å². The predicted octanol–water partition coefficient (Wildman–Crippen LogP) is 1.68. The van der Waals surface area contributed by atoms with Gasteiger partial charge in [0.1, 0.15) is 6.61 Å². The van der Waals surface area contributed by atoms with E-state index in [1.165, 1.54) is 0 Å². The van der Waals surface area contributed by atoms with Gasteiger partial charge in [-0.25, -0.2) is 4.79 Å². The summed E-state index contributed by atoms with van der Waals surface area (Å²) in [4.78, 5) is 11.4. The van der Waals surface area contributed by atoms with Crippen LogP contribution < -0.4 is 5.32 Å². The molecule has 2 rings (SSSR count). The highest BCUT2D eigenvalue weighted by atomic mass is 16.5. The van der Waals surface area contributed by atoms with Gasteiger partial charge in [-0.2, -0.15) is 0 Å². The maximum atomic E-state index is 11.4.